The number of para-hydroxylation sites is 1. The Bertz CT molecular complexity index is 1730. The van der Waals surface area contributed by atoms with Gasteiger partial charge in [0.2, 0.25) is 14.9 Å². The van der Waals surface area contributed by atoms with E-state index in [1.165, 1.54) is 4.52 Å². The third-order valence-corrected chi connectivity index (χ3v) is 8.05. The molecule has 5 rings (SSSR count). The van der Waals surface area contributed by atoms with E-state index < -0.39 is 9.84 Å². The van der Waals surface area contributed by atoms with Crippen molar-refractivity contribution in [2.24, 2.45) is 0 Å². The largest absolute Gasteiger partial charge is 0.495 e. The molecule has 0 saturated heterocycles. The fraction of sp³-hybridized carbons (Fsp3) is 0.160. The average molecular weight is 508 g/mol. The molecule has 0 aliphatic carbocycles. The first-order valence-electron chi connectivity index (χ1n) is 10.8. The second-order valence-electron chi connectivity index (χ2n) is 8.28. The first-order valence-corrected chi connectivity index (χ1v) is 12.6. The van der Waals surface area contributed by atoms with Gasteiger partial charge < -0.3 is 10.1 Å². The van der Waals surface area contributed by atoms with E-state index in [9.17, 15) is 8.42 Å². The van der Waals surface area contributed by atoms with Gasteiger partial charge in [0.15, 0.2) is 5.65 Å². The second kappa shape index (κ2) is 8.51. The number of fused-ring (bicyclic) bond motifs is 3. The number of sulfone groups is 1. The Morgan fingerprint density at radius 3 is 2.49 bits per heavy atom. The maximum atomic E-state index is 13.5. The minimum atomic E-state index is -3.97. The van der Waals surface area contributed by atoms with Gasteiger partial charge in [0.25, 0.3) is 0 Å². The Hall–Kier alpha value is -3.69. The van der Waals surface area contributed by atoms with Gasteiger partial charge in [0, 0.05) is 16.5 Å². The smallest absolute Gasteiger partial charge is 0.229 e. The molecular weight excluding hydrogens is 486 g/mol. The summed E-state index contributed by atoms with van der Waals surface area (Å²) in [6.07, 6.45) is 0. The zero-order valence-corrected chi connectivity index (χ0v) is 21.1. The van der Waals surface area contributed by atoms with E-state index in [0.717, 1.165) is 22.1 Å². The molecule has 5 aromatic rings. The lowest BCUT2D eigenvalue weighted by Gasteiger charge is -2.14. The second-order valence-corrected chi connectivity index (χ2v) is 10.6. The predicted molar refractivity (Wildman–Crippen MR) is 136 cm³/mol. The lowest BCUT2D eigenvalue weighted by Crippen LogP contribution is -2.06. The maximum Gasteiger partial charge on any atom is 0.229 e. The minimum absolute atomic E-state index is 0.120. The number of nitrogens with zero attached hydrogens (tertiary/aromatic N) is 4. The van der Waals surface area contributed by atoms with Crippen molar-refractivity contribution in [3.63, 3.8) is 0 Å². The fourth-order valence-corrected chi connectivity index (χ4v) is 5.34. The van der Waals surface area contributed by atoms with E-state index in [0.29, 0.717) is 27.8 Å². The summed E-state index contributed by atoms with van der Waals surface area (Å²) in [6.45, 7) is 5.68. The number of halogens is 1. The number of benzene rings is 3. The molecule has 0 radical (unpaired) electrons. The predicted octanol–water partition coefficient (Wildman–Crippen LogP) is 5.44. The van der Waals surface area contributed by atoms with Gasteiger partial charge in [-0.05, 0) is 67.8 Å². The molecule has 2 aromatic heterocycles. The number of hydrogen-bond acceptors (Lipinski definition) is 7. The summed E-state index contributed by atoms with van der Waals surface area (Å²) in [7, 11) is -2.42. The Kier molecular flexibility index (Phi) is 5.61. The first-order chi connectivity index (χ1) is 16.7. The molecule has 0 atom stereocenters. The molecule has 0 aliphatic heterocycles. The molecular formula is C25H22ClN5O3S. The minimum Gasteiger partial charge on any atom is -0.495 e. The van der Waals surface area contributed by atoms with Crippen molar-refractivity contribution in [2.45, 2.75) is 30.7 Å². The van der Waals surface area contributed by atoms with Gasteiger partial charge in [0.05, 0.1) is 23.2 Å². The van der Waals surface area contributed by atoms with Crippen molar-refractivity contribution in [3.8, 4) is 5.75 Å². The third kappa shape index (κ3) is 3.86. The van der Waals surface area contributed by atoms with Gasteiger partial charge in [-0.3, -0.25) is 0 Å². The highest BCUT2D eigenvalue weighted by atomic mass is 35.5. The van der Waals surface area contributed by atoms with Crippen LogP contribution in [-0.2, 0) is 9.84 Å². The molecule has 0 unspecified atom stereocenters. The summed E-state index contributed by atoms with van der Waals surface area (Å²) in [5, 5.41) is 12.6. The fourth-order valence-electron chi connectivity index (χ4n) is 3.86. The molecule has 3 aromatic carbocycles. The summed E-state index contributed by atoms with van der Waals surface area (Å²) >= 11 is 6.27. The Morgan fingerprint density at radius 1 is 0.971 bits per heavy atom. The number of hydrogen-bond donors (Lipinski definition) is 1. The molecule has 2 heterocycles. The lowest BCUT2D eigenvalue weighted by atomic mass is 10.1. The number of aromatic nitrogens is 4. The number of nitrogens with one attached hydrogen (secondary N) is 1. The van der Waals surface area contributed by atoms with E-state index in [4.69, 9.17) is 16.3 Å². The normalized spacial score (nSPS) is 11.8. The number of rotatable bonds is 5. The van der Waals surface area contributed by atoms with Crippen molar-refractivity contribution >= 4 is 49.5 Å². The van der Waals surface area contributed by atoms with Gasteiger partial charge >= 0.3 is 0 Å². The van der Waals surface area contributed by atoms with Crippen LogP contribution in [0.15, 0.2) is 64.5 Å². The van der Waals surface area contributed by atoms with Crippen LogP contribution in [0.3, 0.4) is 0 Å². The van der Waals surface area contributed by atoms with E-state index in [-0.39, 0.29) is 15.6 Å². The van der Waals surface area contributed by atoms with Crippen LogP contribution in [0.4, 0.5) is 11.5 Å². The number of aryl methyl sites for hydroxylation is 3. The van der Waals surface area contributed by atoms with Crippen LogP contribution in [0.1, 0.15) is 16.7 Å². The molecule has 0 fully saturated rings. The number of anilines is 2. The molecule has 8 nitrogen and oxygen atoms in total. The number of ether oxygens (including phenoxy) is 1. The van der Waals surface area contributed by atoms with Crippen molar-refractivity contribution < 1.29 is 13.2 Å². The lowest BCUT2D eigenvalue weighted by molar-refractivity contribution is 0.416. The van der Waals surface area contributed by atoms with Crippen molar-refractivity contribution in [2.75, 3.05) is 12.4 Å². The Balaban J connectivity index is 1.74. The first kappa shape index (κ1) is 23.1. The molecule has 0 aliphatic rings. The summed E-state index contributed by atoms with van der Waals surface area (Å²) in [4.78, 5) is 4.82. The topological polar surface area (TPSA) is 98.5 Å². The van der Waals surface area contributed by atoms with Crippen LogP contribution >= 0.6 is 11.6 Å². The van der Waals surface area contributed by atoms with Gasteiger partial charge in [-0.15, -0.1) is 5.10 Å². The zero-order valence-electron chi connectivity index (χ0n) is 19.5. The SMILES string of the molecule is COc1cc(Cl)c(C)cc1Nc1nc2c(S(=O)(=O)c3ccc(C)c(C)c3)nnn2c2ccccc12. The standard InChI is InChI=1S/C25H22ClN5O3S/c1-14-9-10-17(11-15(14)2)35(32,33)25-24-28-23(18-7-5-6-8-21(18)31(24)30-29-25)27-20-12-16(3)19(26)13-22(20)34-4/h5-13H,1-4H3,(H,27,28). The van der Waals surface area contributed by atoms with Crippen LogP contribution in [0.2, 0.25) is 5.02 Å². The monoisotopic (exact) mass is 507 g/mol. The average Bonchev–Trinajstić information content (AvgIpc) is 3.28. The van der Waals surface area contributed by atoms with Crippen LogP contribution in [-0.4, -0.2) is 35.3 Å². The van der Waals surface area contributed by atoms with Crippen LogP contribution in [0.25, 0.3) is 16.6 Å². The highest BCUT2D eigenvalue weighted by Crippen LogP contribution is 2.35. The molecule has 0 saturated carbocycles. The Labute approximate surface area is 207 Å². The summed E-state index contributed by atoms with van der Waals surface area (Å²) in [6, 6.07) is 16.0. The highest BCUT2D eigenvalue weighted by Gasteiger charge is 2.27. The number of methoxy groups -OCH3 is 1. The van der Waals surface area contributed by atoms with Crippen molar-refractivity contribution in [3.05, 3.63) is 76.3 Å². The van der Waals surface area contributed by atoms with E-state index in [2.05, 4.69) is 20.6 Å². The third-order valence-electron chi connectivity index (χ3n) is 6.00. The quantitative estimate of drug-likeness (QED) is 0.338. The van der Waals surface area contributed by atoms with Crippen LogP contribution in [0.5, 0.6) is 5.75 Å². The van der Waals surface area contributed by atoms with E-state index >= 15 is 0 Å². The van der Waals surface area contributed by atoms with Crippen molar-refractivity contribution in [1.29, 1.82) is 0 Å². The Morgan fingerprint density at radius 2 is 1.74 bits per heavy atom. The molecule has 178 valence electrons. The maximum absolute atomic E-state index is 13.5. The highest BCUT2D eigenvalue weighted by molar-refractivity contribution is 7.91. The molecule has 35 heavy (non-hydrogen) atoms. The summed E-state index contributed by atoms with van der Waals surface area (Å²) in [5.74, 6) is 0.966. The van der Waals surface area contributed by atoms with E-state index in [1.54, 1.807) is 31.4 Å². The molecule has 0 spiro atoms. The molecule has 1 N–H and O–H groups in total. The summed E-state index contributed by atoms with van der Waals surface area (Å²) < 4.78 is 34.0. The van der Waals surface area contributed by atoms with Gasteiger partial charge in [-0.2, -0.15) is 4.52 Å². The van der Waals surface area contributed by atoms with Gasteiger partial charge in [-0.25, -0.2) is 13.4 Å². The van der Waals surface area contributed by atoms with Gasteiger partial charge in [-0.1, -0.05) is 35.0 Å². The molecule has 10 heteroatoms. The molecule has 0 bridgehead atoms. The zero-order chi connectivity index (χ0) is 24.9. The van der Waals surface area contributed by atoms with Crippen LogP contribution < -0.4 is 10.1 Å². The summed E-state index contributed by atoms with van der Waals surface area (Å²) in [5.41, 5.74) is 4.13. The van der Waals surface area contributed by atoms with Gasteiger partial charge in [0.1, 0.15) is 11.6 Å². The van der Waals surface area contributed by atoms with Crippen LogP contribution in [0, 0.1) is 20.8 Å². The van der Waals surface area contributed by atoms with Crippen molar-refractivity contribution in [1.82, 2.24) is 19.8 Å². The van der Waals surface area contributed by atoms with E-state index in [1.807, 2.05) is 51.1 Å². The molecule has 0 amide bonds.